The monoisotopic (exact) mass is 238 g/mol. The number of hydrogen-bond donors (Lipinski definition) is 1. The van der Waals surface area contributed by atoms with Crippen molar-refractivity contribution in [1.82, 2.24) is 4.90 Å². The van der Waals surface area contributed by atoms with Crippen LogP contribution >= 0.6 is 0 Å². The Morgan fingerprint density at radius 3 is 2.94 bits per heavy atom. The van der Waals surface area contributed by atoms with Crippen molar-refractivity contribution >= 4 is 5.97 Å². The predicted octanol–water partition coefficient (Wildman–Crippen LogP) is 2.02. The number of aliphatic carboxylic acids is 1. The molecule has 0 aromatic rings. The minimum atomic E-state index is -0.701. The van der Waals surface area contributed by atoms with Gasteiger partial charge in [0.15, 0.2) is 0 Å². The van der Waals surface area contributed by atoms with Crippen LogP contribution < -0.4 is 0 Å². The Morgan fingerprint density at radius 2 is 2.35 bits per heavy atom. The molecule has 6 heteroatoms. The molecule has 0 spiro atoms. The zero-order valence-electron chi connectivity index (χ0n) is 9.88. The highest BCUT2D eigenvalue weighted by molar-refractivity contribution is 5.68. The Kier molecular flexibility index (Phi) is 3.54. The third-order valence-corrected chi connectivity index (χ3v) is 3.88. The van der Waals surface area contributed by atoms with Gasteiger partial charge in [-0.25, -0.2) is 0 Å². The summed E-state index contributed by atoms with van der Waals surface area (Å²) in [6.45, 7) is 2.37. The third kappa shape index (κ3) is 3.11. The Balaban J connectivity index is 1.89. The Labute approximate surface area is 100 Å². The molecule has 2 rings (SSSR count). The molecule has 1 atom stereocenters. The SMILES string of the molecule is [N-]=[N+]=NCC1CCCN1CC1(CC(=O)O)CC1. The van der Waals surface area contributed by atoms with Gasteiger partial charge in [-0.1, -0.05) is 5.11 Å². The summed E-state index contributed by atoms with van der Waals surface area (Å²) in [5, 5.41) is 12.5. The van der Waals surface area contributed by atoms with Crippen LogP contribution in [0.4, 0.5) is 0 Å². The molecule has 6 nitrogen and oxygen atoms in total. The molecular formula is C11H18N4O2. The molecule has 0 bridgehead atoms. The fourth-order valence-electron chi connectivity index (χ4n) is 2.76. The van der Waals surface area contributed by atoms with Gasteiger partial charge in [-0.05, 0) is 43.2 Å². The quantitative estimate of drug-likeness (QED) is 0.436. The number of nitrogens with zero attached hydrogens (tertiary/aromatic N) is 4. The number of carboxylic acids is 1. The van der Waals surface area contributed by atoms with Crippen molar-refractivity contribution in [2.24, 2.45) is 10.5 Å². The molecule has 1 N–H and O–H groups in total. The van der Waals surface area contributed by atoms with E-state index in [0.29, 0.717) is 12.6 Å². The van der Waals surface area contributed by atoms with Crippen LogP contribution in [-0.4, -0.2) is 41.7 Å². The molecule has 1 unspecified atom stereocenters. The zero-order chi connectivity index (χ0) is 12.3. The van der Waals surface area contributed by atoms with Crippen molar-refractivity contribution in [3.05, 3.63) is 10.4 Å². The lowest BCUT2D eigenvalue weighted by Crippen LogP contribution is -2.37. The van der Waals surface area contributed by atoms with E-state index in [9.17, 15) is 4.79 Å². The Hall–Kier alpha value is -1.26. The topological polar surface area (TPSA) is 89.3 Å². The number of rotatable bonds is 6. The van der Waals surface area contributed by atoms with E-state index in [1.54, 1.807) is 0 Å². The van der Waals surface area contributed by atoms with Gasteiger partial charge in [0.25, 0.3) is 0 Å². The molecular weight excluding hydrogens is 220 g/mol. The highest BCUT2D eigenvalue weighted by atomic mass is 16.4. The molecule has 0 aromatic carbocycles. The normalized spacial score (nSPS) is 26.5. The first-order chi connectivity index (χ1) is 8.15. The fraction of sp³-hybridized carbons (Fsp3) is 0.909. The standard InChI is InChI=1S/C11H18N4O2/c12-14-13-7-9-2-1-5-15(9)8-11(3-4-11)6-10(16)17/h9H,1-8H2,(H,16,17). The van der Waals surface area contributed by atoms with Crippen molar-refractivity contribution in [3.63, 3.8) is 0 Å². The maximum Gasteiger partial charge on any atom is 0.303 e. The van der Waals surface area contributed by atoms with Crippen LogP contribution in [0.25, 0.3) is 10.4 Å². The van der Waals surface area contributed by atoms with Crippen molar-refractivity contribution in [2.45, 2.75) is 38.1 Å². The molecule has 0 aromatic heterocycles. The van der Waals surface area contributed by atoms with Crippen LogP contribution in [0.3, 0.4) is 0 Å². The van der Waals surface area contributed by atoms with Crippen molar-refractivity contribution in [3.8, 4) is 0 Å². The summed E-state index contributed by atoms with van der Waals surface area (Å²) in [4.78, 5) is 15.9. The lowest BCUT2D eigenvalue weighted by atomic mass is 10.0. The molecule has 94 valence electrons. The van der Waals surface area contributed by atoms with Gasteiger partial charge in [-0.3, -0.25) is 9.69 Å². The van der Waals surface area contributed by atoms with Crippen molar-refractivity contribution in [2.75, 3.05) is 19.6 Å². The molecule has 1 aliphatic carbocycles. The molecule has 0 radical (unpaired) electrons. The minimum Gasteiger partial charge on any atom is -0.481 e. The first-order valence-electron chi connectivity index (χ1n) is 6.12. The van der Waals surface area contributed by atoms with Crippen LogP contribution in [0.5, 0.6) is 0 Å². The van der Waals surface area contributed by atoms with E-state index in [4.69, 9.17) is 10.6 Å². The van der Waals surface area contributed by atoms with Gasteiger partial charge in [0, 0.05) is 24.0 Å². The Morgan fingerprint density at radius 1 is 1.59 bits per heavy atom. The summed E-state index contributed by atoms with van der Waals surface area (Å²) in [6, 6.07) is 0.317. The van der Waals surface area contributed by atoms with Gasteiger partial charge < -0.3 is 5.11 Å². The van der Waals surface area contributed by atoms with Crippen LogP contribution in [0.1, 0.15) is 32.1 Å². The number of likely N-dealkylation sites (tertiary alicyclic amines) is 1. The zero-order valence-corrected chi connectivity index (χ0v) is 9.88. The second-order valence-electron chi connectivity index (χ2n) is 5.25. The number of hydrogen-bond acceptors (Lipinski definition) is 3. The molecule has 1 saturated carbocycles. The smallest absolute Gasteiger partial charge is 0.303 e. The first-order valence-corrected chi connectivity index (χ1v) is 6.12. The van der Waals surface area contributed by atoms with Crippen LogP contribution in [0.15, 0.2) is 5.11 Å². The van der Waals surface area contributed by atoms with E-state index < -0.39 is 5.97 Å². The van der Waals surface area contributed by atoms with Crippen molar-refractivity contribution < 1.29 is 9.90 Å². The molecule has 0 amide bonds. The molecule has 2 fully saturated rings. The maximum atomic E-state index is 10.8. The second kappa shape index (κ2) is 4.94. The van der Waals surface area contributed by atoms with Gasteiger partial charge >= 0.3 is 5.97 Å². The highest BCUT2D eigenvalue weighted by Gasteiger charge is 2.46. The third-order valence-electron chi connectivity index (χ3n) is 3.88. The molecule has 1 saturated heterocycles. The summed E-state index contributed by atoms with van der Waals surface area (Å²) in [6.07, 6.45) is 4.49. The molecule has 2 aliphatic rings. The predicted molar refractivity (Wildman–Crippen MR) is 62.5 cm³/mol. The van der Waals surface area contributed by atoms with Crippen LogP contribution in [0.2, 0.25) is 0 Å². The summed E-state index contributed by atoms with van der Waals surface area (Å²) in [7, 11) is 0. The first kappa shape index (κ1) is 12.2. The van der Waals surface area contributed by atoms with E-state index in [0.717, 1.165) is 38.8 Å². The van der Waals surface area contributed by atoms with Crippen molar-refractivity contribution in [1.29, 1.82) is 0 Å². The van der Waals surface area contributed by atoms with Gasteiger partial charge in [0.1, 0.15) is 0 Å². The van der Waals surface area contributed by atoms with Crippen LogP contribution in [-0.2, 0) is 4.79 Å². The van der Waals surface area contributed by atoms with E-state index in [2.05, 4.69) is 14.9 Å². The van der Waals surface area contributed by atoms with Gasteiger partial charge in [0.05, 0.1) is 6.42 Å². The maximum absolute atomic E-state index is 10.8. The summed E-state index contributed by atoms with van der Waals surface area (Å²) >= 11 is 0. The van der Waals surface area contributed by atoms with E-state index >= 15 is 0 Å². The average molecular weight is 238 g/mol. The lowest BCUT2D eigenvalue weighted by Gasteiger charge is -2.27. The second-order valence-corrected chi connectivity index (χ2v) is 5.25. The van der Waals surface area contributed by atoms with E-state index in [1.807, 2.05) is 0 Å². The lowest BCUT2D eigenvalue weighted by molar-refractivity contribution is -0.138. The number of carboxylic acid groups (broad SMARTS) is 1. The fourth-order valence-corrected chi connectivity index (χ4v) is 2.76. The number of azide groups is 1. The van der Waals surface area contributed by atoms with E-state index in [-0.39, 0.29) is 11.8 Å². The molecule has 1 heterocycles. The van der Waals surface area contributed by atoms with Gasteiger partial charge in [0.2, 0.25) is 0 Å². The van der Waals surface area contributed by atoms with Crippen LogP contribution in [0, 0.1) is 5.41 Å². The summed E-state index contributed by atoms with van der Waals surface area (Å²) < 4.78 is 0. The summed E-state index contributed by atoms with van der Waals surface area (Å²) in [5.41, 5.74) is 8.34. The number of carbonyl (C=O) groups is 1. The molecule has 17 heavy (non-hydrogen) atoms. The Bertz CT molecular complexity index is 347. The average Bonchev–Trinajstić information content (AvgIpc) is 2.87. The van der Waals surface area contributed by atoms with E-state index in [1.165, 1.54) is 0 Å². The highest BCUT2D eigenvalue weighted by Crippen LogP contribution is 2.50. The largest absolute Gasteiger partial charge is 0.481 e. The molecule has 1 aliphatic heterocycles. The van der Waals surface area contributed by atoms with Gasteiger partial charge in [-0.2, -0.15) is 0 Å². The van der Waals surface area contributed by atoms with Gasteiger partial charge in [-0.15, -0.1) is 0 Å². The summed E-state index contributed by atoms with van der Waals surface area (Å²) in [5.74, 6) is -0.701. The minimum absolute atomic E-state index is 0.00474.